The van der Waals surface area contributed by atoms with Gasteiger partial charge in [0.1, 0.15) is 17.3 Å². The number of nitrogens with one attached hydrogen (secondary N) is 2. The highest BCUT2D eigenvalue weighted by atomic mass is 32.1. The van der Waals surface area contributed by atoms with E-state index in [-0.39, 0.29) is 18.0 Å². The quantitative estimate of drug-likeness (QED) is 0.510. The normalized spacial score (nSPS) is 12.7. The molecule has 0 aliphatic carbocycles. The van der Waals surface area contributed by atoms with Crippen LogP contribution in [0, 0.1) is 0 Å². The van der Waals surface area contributed by atoms with E-state index in [4.69, 9.17) is 13.9 Å². The summed E-state index contributed by atoms with van der Waals surface area (Å²) >= 11 is 1.31. The molecular formula is C20H20N2O6S. The molecule has 3 aromatic rings. The third-order valence-corrected chi connectivity index (χ3v) is 5.24. The van der Waals surface area contributed by atoms with Crippen LogP contribution in [0.3, 0.4) is 0 Å². The maximum Gasteiger partial charge on any atom is 0.313 e. The first-order valence-corrected chi connectivity index (χ1v) is 9.47. The summed E-state index contributed by atoms with van der Waals surface area (Å²) in [6, 6.07) is 11.6. The van der Waals surface area contributed by atoms with Crippen LogP contribution in [0.4, 0.5) is 5.69 Å². The van der Waals surface area contributed by atoms with E-state index in [0.29, 0.717) is 16.4 Å². The molecule has 29 heavy (non-hydrogen) atoms. The summed E-state index contributed by atoms with van der Waals surface area (Å²) in [4.78, 5) is 25.3. The van der Waals surface area contributed by atoms with Crippen molar-refractivity contribution in [2.24, 2.45) is 0 Å². The third kappa shape index (κ3) is 4.41. The van der Waals surface area contributed by atoms with Crippen molar-refractivity contribution < 1.29 is 28.6 Å². The predicted molar refractivity (Wildman–Crippen MR) is 107 cm³/mol. The highest BCUT2D eigenvalue weighted by molar-refractivity contribution is 7.10. The number of furan rings is 1. The number of carbonyl (C=O) groups is 2. The number of anilines is 1. The molecule has 1 unspecified atom stereocenters. The minimum Gasteiger partial charge on any atom is -0.497 e. The van der Waals surface area contributed by atoms with Crippen LogP contribution in [0.1, 0.15) is 10.6 Å². The summed E-state index contributed by atoms with van der Waals surface area (Å²) in [5.74, 6) is -0.708. The fourth-order valence-corrected chi connectivity index (χ4v) is 3.53. The van der Waals surface area contributed by atoms with Crippen molar-refractivity contribution in [3.05, 3.63) is 64.7 Å². The Balaban J connectivity index is 1.72. The molecule has 3 rings (SSSR count). The Morgan fingerprint density at radius 1 is 1.14 bits per heavy atom. The Morgan fingerprint density at radius 2 is 1.97 bits per heavy atom. The fraction of sp³-hybridized carbons (Fsp3) is 0.200. The van der Waals surface area contributed by atoms with Crippen LogP contribution in [-0.4, -0.2) is 37.7 Å². The highest BCUT2D eigenvalue weighted by Gasteiger charge is 2.36. The number of hydrogen-bond donors (Lipinski definition) is 3. The molecule has 9 heteroatoms. The Hall–Kier alpha value is -3.30. The van der Waals surface area contributed by atoms with Gasteiger partial charge in [-0.2, -0.15) is 0 Å². The minimum atomic E-state index is -1.60. The van der Waals surface area contributed by atoms with Crippen molar-refractivity contribution >= 4 is 28.8 Å². The van der Waals surface area contributed by atoms with Gasteiger partial charge in [-0.1, -0.05) is 6.07 Å². The first-order chi connectivity index (χ1) is 14.0. The minimum absolute atomic E-state index is 0.247. The second kappa shape index (κ2) is 8.80. The number of ether oxygens (including phenoxy) is 2. The van der Waals surface area contributed by atoms with Gasteiger partial charge < -0.3 is 29.6 Å². The lowest BCUT2D eigenvalue weighted by Gasteiger charge is -2.25. The number of hydrogen-bond acceptors (Lipinski definition) is 7. The zero-order valence-corrected chi connectivity index (χ0v) is 16.6. The number of thiophene rings is 1. The van der Waals surface area contributed by atoms with Gasteiger partial charge in [-0.05, 0) is 35.7 Å². The van der Waals surface area contributed by atoms with Crippen LogP contribution in [0.15, 0.2) is 58.5 Å². The second-order valence-corrected chi connectivity index (χ2v) is 6.97. The molecule has 2 amide bonds. The number of carbonyl (C=O) groups excluding carboxylic acids is 2. The summed E-state index contributed by atoms with van der Waals surface area (Å²) in [7, 11) is 2.93. The number of amides is 2. The van der Waals surface area contributed by atoms with E-state index >= 15 is 0 Å². The van der Waals surface area contributed by atoms with Gasteiger partial charge in [0.25, 0.3) is 0 Å². The van der Waals surface area contributed by atoms with Gasteiger partial charge in [0.05, 0.1) is 32.7 Å². The number of methoxy groups -OCH3 is 2. The Labute approximate surface area is 171 Å². The van der Waals surface area contributed by atoms with Crippen molar-refractivity contribution in [2.45, 2.75) is 5.60 Å². The molecule has 0 saturated heterocycles. The van der Waals surface area contributed by atoms with Gasteiger partial charge in [-0.25, -0.2) is 0 Å². The number of aliphatic hydroxyl groups is 1. The van der Waals surface area contributed by atoms with Gasteiger partial charge in [0.2, 0.25) is 0 Å². The van der Waals surface area contributed by atoms with E-state index in [9.17, 15) is 14.7 Å². The highest BCUT2D eigenvalue weighted by Crippen LogP contribution is 2.33. The fourth-order valence-electron chi connectivity index (χ4n) is 2.70. The molecule has 0 fully saturated rings. The largest absolute Gasteiger partial charge is 0.497 e. The first kappa shape index (κ1) is 20.4. The van der Waals surface area contributed by atoms with Crippen LogP contribution in [0.25, 0.3) is 0 Å². The molecule has 3 N–H and O–H groups in total. The summed E-state index contributed by atoms with van der Waals surface area (Å²) in [6.45, 7) is -0.247. The SMILES string of the molecule is COc1ccc(OC)c(NC(=O)C(=O)NCC(O)(c2ccco2)c2cccs2)c1. The average Bonchev–Trinajstić information content (AvgIpc) is 3.46. The predicted octanol–water partition coefficient (Wildman–Crippen LogP) is 2.35. The molecule has 0 aliphatic heterocycles. The molecule has 152 valence electrons. The van der Waals surface area contributed by atoms with Gasteiger partial charge in [-0.3, -0.25) is 9.59 Å². The van der Waals surface area contributed by atoms with Gasteiger partial charge in [-0.15, -0.1) is 11.3 Å². The molecule has 8 nitrogen and oxygen atoms in total. The molecule has 2 aromatic heterocycles. The van der Waals surface area contributed by atoms with Gasteiger partial charge >= 0.3 is 11.8 Å². The topological polar surface area (TPSA) is 110 Å². The Kier molecular flexibility index (Phi) is 6.20. The molecule has 1 aromatic carbocycles. The molecule has 0 bridgehead atoms. The van der Waals surface area contributed by atoms with E-state index < -0.39 is 17.4 Å². The lowest BCUT2D eigenvalue weighted by molar-refractivity contribution is -0.136. The summed E-state index contributed by atoms with van der Waals surface area (Å²) in [5, 5.41) is 17.9. The van der Waals surface area contributed by atoms with Gasteiger partial charge in [0.15, 0.2) is 5.60 Å². The van der Waals surface area contributed by atoms with Gasteiger partial charge in [0, 0.05) is 10.9 Å². The van der Waals surface area contributed by atoms with Crippen LogP contribution in [-0.2, 0) is 15.2 Å². The van der Waals surface area contributed by atoms with E-state index in [1.54, 1.807) is 41.8 Å². The number of rotatable bonds is 7. The van der Waals surface area contributed by atoms with E-state index in [2.05, 4.69) is 10.6 Å². The lowest BCUT2D eigenvalue weighted by atomic mass is 9.98. The Morgan fingerprint density at radius 3 is 2.59 bits per heavy atom. The van der Waals surface area contributed by atoms with Crippen LogP contribution in [0.5, 0.6) is 11.5 Å². The molecule has 2 heterocycles. The average molecular weight is 416 g/mol. The standard InChI is InChI=1S/C20H20N2O6S/c1-26-13-7-8-15(27-2)14(11-13)22-19(24)18(23)21-12-20(25,16-5-3-9-28-16)17-6-4-10-29-17/h3-11,25H,12H2,1-2H3,(H,21,23)(H,22,24). The monoisotopic (exact) mass is 416 g/mol. The van der Waals surface area contributed by atoms with E-state index in [1.807, 2.05) is 0 Å². The Bertz CT molecular complexity index is 935. The maximum atomic E-state index is 12.4. The van der Waals surface area contributed by atoms with E-state index in [0.717, 1.165) is 0 Å². The van der Waals surface area contributed by atoms with Crippen molar-refractivity contribution in [1.82, 2.24) is 5.32 Å². The maximum absolute atomic E-state index is 12.4. The smallest absolute Gasteiger partial charge is 0.313 e. The van der Waals surface area contributed by atoms with Crippen molar-refractivity contribution in [3.63, 3.8) is 0 Å². The summed E-state index contributed by atoms with van der Waals surface area (Å²) < 4.78 is 15.6. The van der Waals surface area contributed by atoms with Crippen LogP contribution in [0.2, 0.25) is 0 Å². The molecule has 0 radical (unpaired) electrons. The zero-order valence-electron chi connectivity index (χ0n) is 15.8. The van der Waals surface area contributed by atoms with Crippen molar-refractivity contribution in [3.8, 4) is 11.5 Å². The summed E-state index contributed by atoms with van der Waals surface area (Å²) in [5.41, 5.74) is -1.31. The van der Waals surface area contributed by atoms with Crippen molar-refractivity contribution in [1.29, 1.82) is 0 Å². The van der Waals surface area contributed by atoms with Crippen LogP contribution < -0.4 is 20.1 Å². The van der Waals surface area contributed by atoms with Crippen molar-refractivity contribution in [2.75, 3.05) is 26.1 Å². The molecule has 1 atom stereocenters. The summed E-state index contributed by atoms with van der Waals surface area (Å²) in [6.07, 6.45) is 1.43. The molecular weight excluding hydrogens is 396 g/mol. The molecule has 0 aliphatic rings. The first-order valence-electron chi connectivity index (χ1n) is 8.59. The van der Waals surface area contributed by atoms with E-state index in [1.165, 1.54) is 37.9 Å². The zero-order chi connectivity index (χ0) is 20.9. The second-order valence-electron chi connectivity index (χ2n) is 6.02. The molecule has 0 saturated carbocycles. The lowest BCUT2D eigenvalue weighted by Crippen LogP contribution is -2.44. The third-order valence-electron chi connectivity index (χ3n) is 4.22. The number of benzene rings is 1. The van der Waals surface area contributed by atoms with Crippen LogP contribution >= 0.6 is 11.3 Å². The molecule has 0 spiro atoms.